The van der Waals surface area contributed by atoms with E-state index in [1.807, 2.05) is 27.7 Å². The summed E-state index contributed by atoms with van der Waals surface area (Å²) in [6.45, 7) is 10.2. The Kier molecular flexibility index (Phi) is 7.50. The van der Waals surface area contributed by atoms with E-state index in [4.69, 9.17) is 0 Å². The molecule has 33 heavy (non-hydrogen) atoms. The van der Waals surface area contributed by atoms with Gasteiger partial charge < -0.3 is 15.5 Å². The standard InChI is InChI=1S/C24H32FN5O3/c1-14(2)30-22(15(3)11-27-30)23(32)28-21-8-9-29(13-16(21)4)24(33)18-6-7-19(20(25)10-18)12-26-17(5)31/h6-7,10-11,14,16,21H,8-9,12-13H2,1-5H3,(H,26,31)(H,28,32). The van der Waals surface area contributed by atoms with Crippen molar-refractivity contribution in [2.24, 2.45) is 5.92 Å². The molecule has 0 radical (unpaired) electrons. The summed E-state index contributed by atoms with van der Waals surface area (Å²) in [5.74, 6) is -1.15. The van der Waals surface area contributed by atoms with Crippen molar-refractivity contribution in [3.8, 4) is 0 Å². The van der Waals surface area contributed by atoms with Gasteiger partial charge in [-0.05, 0) is 50.8 Å². The topological polar surface area (TPSA) is 96.3 Å². The van der Waals surface area contributed by atoms with Gasteiger partial charge in [-0.1, -0.05) is 13.0 Å². The van der Waals surface area contributed by atoms with Gasteiger partial charge in [-0.3, -0.25) is 19.1 Å². The number of carbonyl (C=O) groups is 3. The molecule has 8 nitrogen and oxygen atoms in total. The molecule has 178 valence electrons. The minimum absolute atomic E-state index is 0.0336. The molecular weight excluding hydrogens is 425 g/mol. The van der Waals surface area contributed by atoms with E-state index in [0.29, 0.717) is 30.8 Å². The van der Waals surface area contributed by atoms with Crippen LogP contribution >= 0.6 is 0 Å². The van der Waals surface area contributed by atoms with Crippen LogP contribution in [-0.2, 0) is 11.3 Å². The highest BCUT2D eigenvalue weighted by Crippen LogP contribution is 2.21. The molecule has 1 aromatic heterocycles. The molecule has 0 bridgehead atoms. The van der Waals surface area contributed by atoms with Gasteiger partial charge in [-0.25, -0.2) is 4.39 Å². The molecule has 2 N–H and O–H groups in total. The lowest BCUT2D eigenvalue weighted by Crippen LogP contribution is -2.51. The molecule has 1 fully saturated rings. The molecule has 2 aromatic rings. The van der Waals surface area contributed by atoms with E-state index in [2.05, 4.69) is 15.7 Å². The van der Waals surface area contributed by atoms with Crippen molar-refractivity contribution in [1.29, 1.82) is 0 Å². The molecule has 1 aliphatic rings. The number of carbonyl (C=O) groups excluding carboxylic acids is 3. The van der Waals surface area contributed by atoms with E-state index in [1.54, 1.807) is 21.8 Å². The minimum Gasteiger partial charge on any atom is -0.352 e. The van der Waals surface area contributed by atoms with Gasteiger partial charge in [0.05, 0.1) is 6.20 Å². The number of benzene rings is 1. The second-order valence-electron chi connectivity index (χ2n) is 9.03. The van der Waals surface area contributed by atoms with E-state index in [1.165, 1.54) is 19.1 Å². The summed E-state index contributed by atoms with van der Waals surface area (Å²) >= 11 is 0. The molecule has 2 atom stereocenters. The maximum atomic E-state index is 14.4. The Morgan fingerprint density at radius 2 is 2.00 bits per heavy atom. The maximum Gasteiger partial charge on any atom is 0.270 e. The molecule has 0 saturated carbocycles. The Hall–Kier alpha value is -3.23. The van der Waals surface area contributed by atoms with Crippen molar-refractivity contribution < 1.29 is 18.8 Å². The highest BCUT2D eigenvalue weighted by molar-refractivity contribution is 5.95. The number of piperidine rings is 1. The van der Waals surface area contributed by atoms with Crippen molar-refractivity contribution in [2.75, 3.05) is 13.1 Å². The maximum absolute atomic E-state index is 14.4. The van der Waals surface area contributed by atoms with Crippen LogP contribution in [-0.4, -0.2) is 51.5 Å². The SMILES string of the molecule is CC(=O)NCc1ccc(C(=O)N2CCC(NC(=O)c3c(C)cnn3C(C)C)C(C)C2)cc1F. The first kappa shape index (κ1) is 24.4. The number of hydrogen-bond donors (Lipinski definition) is 2. The number of aryl methyl sites for hydroxylation is 1. The zero-order chi connectivity index (χ0) is 24.3. The van der Waals surface area contributed by atoms with Crippen LogP contribution in [0.25, 0.3) is 0 Å². The Labute approximate surface area is 193 Å². The van der Waals surface area contributed by atoms with Gasteiger partial charge >= 0.3 is 0 Å². The van der Waals surface area contributed by atoms with Crippen molar-refractivity contribution in [3.05, 3.63) is 52.6 Å². The molecule has 3 rings (SSSR count). The number of amides is 3. The van der Waals surface area contributed by atoms with Gasteiger partial charge in [0.1, 0.15) is 11.5 Å². The minimum atomic E-state index is -0.526. The van der Waals surface area contributed by atoms with Crippen LogP contribution in [0.2, 0.25) is 0 Å². The lowest BCUT2D eigenvalue weighted by molar-refractivity contribution is -0.119. The molecule has 0 spiro atoms. The average molecular weight is 458 g/mol. The van der Waals surface area contributed by atoms with Crippen LogP contribution in [0.3, 0.4) is 0 Å². The first-order valence-electron chi connectivity index (χ1n) is 11.3. The molecule has 3 amide bonds. The van der Waals surface area contributed by atoms with Crippen LogP contribution < -0.4 is 10.6 Å². The molecule has 9 heteroatoms. The quantitative estimate of drug-likeness (QED) is 0.697. The summed E-state index contributed by atoms with van der Waals surface area (Å²) < 4.78 is 16.1. The number of rotatable bonds is 6. The Bertz CT molecular complexity index is 1050. The fourth-order valence-corrected chi connectivity index (χ4v) is 4.13. The molecule has 1 aromatic carbocycles. The average Bonchev–Trinajstić information content (AvgIpc) is 3.15. The summed E-state index contributed by atoms with van der Waals surface area (Å²) in [7, 11) is 0. The summed E-state index contributed by atoms with van der Waals surface area (Å²) in [6, 6.07) is 4.31. The van der Waals surface area contributed by atoms with Crippen LogP contribution in [0.4, 0.5) is 4.39 Å². The summed E-state index contributed by atoms with van der Waals surface area (Å²) in [6.07, 6.45) is 2.30. The number of aromatic nitrogens is 2. The number of hydrogen-bond acceptors (Lipinski definition) is 4. The fourth-order valence-electron chi connectivity index (χ4n) is 4.13. The van der Waals surface area contributed by atoms with Gasteiger partial charge in [-0.2, -0.15) is 5.10 Å². The van der Waals surface area contributed by atoms with Crippen molar-refractivity contribution in [2.45, 2.75) is 59.7 Å². The van der Waals surface area contributed by atoms with Gasteiger partial charge in [0, 0.05) is 49.8 Å². The normalized spacial score (nSPS) is 18.3. The highest BCUT2D eigenvalue weighted by Gasteiger charge is 2.31. The van der Waals surface area contributed by atoms with E-state index < -0.39 is 5.82 Å². The van der Waals surface area contributed by atoms with Gasteiger partial charge in [0.2, 0.25) is 5.91 Å². The van der Waals surface area contributed by atoms with Crippen LogP contribution in [0.15, 0.2) is 24.4 Å². The zero-order valence-electron chi connectivity index (χ0n) is 19.8. The molecule has 2 unspecified atom stereocenters. The van der Waals surface area contributed by atoms with Crippen LogP contribution in [0.1, 0.15) is 72.1 Å². The number of halogens is 1. The third-order valence-electron chi connectivity index (χ3n) is 6.02. The first-order chi connectivity index (χ1) is 15.6. The lowest BCUT2D eigenvalue weighted by Gasteiger charge is -2.37. The molecule has 1 saturated heterocycles. The molecular formula is C24H32FN5O3. The lowest BCUT2D eigenvalue weighted by atomic mass is 9.93. The van der Waals surface area contributed by atoms with E-state index in [-0.39, 0.29) is 47.8 Å². The van der Waals surface area contributed by atoms with Crippen LogP contribution in [0, 0.1) is 18.7 Å². The first-order valence-corrected chi connectivity index (χ1v) is 11.3. The van der Waals surface area contributed by atoms with Gasteiger partial charge in [0.15, 0.2) is 0 Å². The smallest absolute Gasteiger partial charge is 0.270 e. The van der Waals surface area contributed by atoms with Crippen molar-refractivity contribution >= 4 is 17.7 Å². The van der Waals surface area contributed by atoms with Gasteiger partial charge in [-0.15, -0.1) is 0 Å². The number of nitrogens with zero attached hydrogens (tertiary/aromatic N) is 3. The predicted molar refractivity (Wildman–Crippen MR) is 122 cm³/mol. The zero-order valence-corrected chi connectivity index (χ0v) is 19.8. The predicted octanol–water partition coefficient (Wildman–Crippen LogP) is 2.83. The summed E-state index contributed by atoms with van der Waals surface area (Å²) in [5.41, 5.74) is 1.98. The van der Waals surface area contributed by atoms with Gasteiger partial charge in [0.25, 0.3) is 11.8 Å². The Balaban J connectivity index is 1.63. The Morgan fingerprint density at radius 3 is 2.61 bits per heavy atom. The molecule has 2 heterocycles. The largest absolute Gasteiger partial charge is 0.352 e. The third kappa shape index (κ3) is 5.58. The number of nitrogens with one attached hydrogen (secondary N) is 2. The second kappa shape index (κ2) is 10.1. The van der Waals surface area contributed by atoms with Crippen molar-refractivity contribution in [1.82, 2.24) is 25.3 Å². The summed E-state index contributed by atoms with van der Waals surface area (Å²) in [4.78, 5) is 38.6. The number of likely N-dealkylation sites (tertiary alicyclic amines) is 1. The van der Waals surface area contributed by atoms with Crippen molar-refractivity contribution in [3.63, 3.8) is 0 Å². The van der Waals surface area contributed by atoms with E-state index in [0.717, 1.165) is 5.56 Å². The van der Waals surface area contributed by atoms with E-state index in [9.17, 15) is 18.8 Å². The third-order valence-corrected chi connectivity index (χ3v) is 6.02. The highest BCUT2D eigenvalue weighted by atomic mass is 19.1. The molecule has 0 aliphatic carbocycles. The monoisotopic (exact) mass is 457 g/mol. The summed E-state index contributed by atoms with van der Waals surface area (Å²) in [5, 5.41) is 9.97. The second-order valence-corrected chi connectivity index (χ2v) is 9.03. The van der Waals surface area contributed by atoms with Crippen LogP contribution in [0.5, 0.6) is 0 Å². The Morgan fingerprint density at radius 1 is 1.27 bits per heavy atom. The molecule has 1 aliphatic heterocycles. The van der Waals surface area contributed by atoms with E-state index >= 15 is 0 Å². The fraction of sp³-hybridized carbons (Fsp3) is 0.500.